The lowest BCUT2D eigenvalue weighted by atomic mass is 10.0. The molecule has 0 aliphatic rings. The van der Waals surface area contributed by atoms with Crippen molar-refractivity contribution in [2.45, 2.75) is 6.42 Å². The Hall–Kier alpha value is -2.69. The average molecular weight is 410 g/mol. The van der Waals surface area contributed by atoms with Crippen molar-refractivity contribution in [3.05, 3.63) is 45.7 Å². The molecule has 1 unspecified atom stereocenters. The number of methoxy groups -OCH3 is 2. The van der Waals surface area contributed by atoms with Gasteiger partial charge in [-0.3, -0.25) is 9.59 Å². The summed E-state index contributed by atoms with van der Waals surface area (Å²) in [5, 5.41) is 12.0. The molecule has 0 radical (unpaired) electrons. The molecule has 2 aromatic rings. The fourth-order valence-corrected chi connectivity index (χ4v) is 2.71. The molecular weight excluding hydrogens is 393 g/mol. The van der Waals surface area contributed by atoms with Crippen LogP contribution in [0.5, 0.6) is 11.5 Å². The van der Waals surface area contributed by atoms with Crippen LogP contribution >= 0.6 is 23.2 Å². The van der Waals surface area contributed by atoms with E-state index in [9.17, 15) is 14.9 Å². The van der Waals surface area contributed by atoms with E-state index in [4.69, 9.17) is 32.7 Å². The summed E-state index contributed by atoms with van der Waals surface area (Å²) in [5.74, 6) is -1.71. The molecule has 1 atom stereocenters. The molecule has 1 aromatic heterocycles. The van der Waals surface area contributed by atoms with E-state index in [0.29, 0.717) is 17.9 Å². The van der Waals surface area contributed by atoms with Gasteiger partial charge in [-0.15, -0.1) is 0 Å². The molecule has 1 aromatic carbocycles. The minimum atomic E-state index is -1.50. The standard InChI is InChI=1S/C18H17Cl2N3O4/c1-26-14-4-3-10(7-15(14)27-2)5-6-22-18(25)11(9-21)16(24)13-8-12(19)17(20)23-13/h3-4,7-8,11,23H,5-6H2,1-2H3,(H,22,25). The van der Waals surface area contributed by atoms with Crippen LogP contribution in [-0.2, 0) is 11.2 Å². The van der Waals surface area contributed by atoms with Crippen LogP contribution in [0.1, 0.15) is 16.1 Å². The summed E-state index contributed by atoms with van der Waals surface area (Å²) in [6.07, 6.45) is 0.485. The summed E-state index contributed by atoms with van der Waals surface area (Å²) in [6, 6.07) is 8.38. The van der Waals surface area contributed by atoms with Crippen molar-refractivity contribution in [3.63, 3.8) is 0 Å². The molecule has 0 spiro atoms. The number of halogens is 2. The SMILES string of the molecule is COc1ccc(CCNC(=O)C(C#N)C(=O)c2cc(Cl)c(Cl)[nH]2)cc1OC. The maximum absolute atomic E-state index is 12.3. The van der Waals surface area contributed by atoms with Crippen LogP contribution in [0.2, 0.25) is 10.2 Å². The van der Waals surface area contributed by atoms with Crippen LogP contribution < -0.4 is 14.8 Å². The highest BCUT2D eigenvalue weighted by Gasteiger charge is 2.29. The number of benzene rings is 1. The van der Waals surface area contributed by atoms with Gasteiger partial charge in [0.2, 0.25) is 11.7 Å². The normalized spacial score (nSPS) is 11.4. The van der Waals surface area contributed by atoms with Crippen molar-refractivity contribution in [2.24, 2.45) is 5.92 Å². The number of Topliss-reactive ketones (excluding diaryl/α,β-unsaturated/α-hetero) is 1. The molecule has 0 aliphatic carbocycles. The number of aromatic amines is 1. The number of ketones is 1. The van der Waals surface area contributed by atoms with Gasteiger partial charge in [0.15, 0.2) is 17.4 Å². The average Bonchev–Trinajstić information content (AvgIpc) is 3.00. The molecule has 1 amide bonds. The van der Waals surface area contributed by atoms with Gasteiger partial charge in [-0.25, -0.2) is 0 Å². The van der Waals surface area contributed by atoms with Gasteiger partial charge >= 0.3 is 0 Å². The first-order valence-electron chi connectivity index (χ1n) is 7.87. The number of H-pyrrole nitrogens is 1. The molecule has 0 bridgehead atoms. The maximum atomic E-state index is 12.3. The number of hydrogen-bond donors (Lipinski definition) is 2. The molecule has 2 rings (SSSR count). The smallest absolute Gasteiger partial charge is 0.245 e. The van der Waals surface area contributed by atoms with Gasteiger partial charge in [0.1, 0.15) is 5.15 Å². The van der Waals surface area contributed by atoms with Gasteiger partial charge in [-0.2, -0.15) is 5.26 Å². The van der Waals surface area contributed by atoms with E-state index in [1.54, 1.807) is 25.3 Å². The molecule has 2 N–H and O–H groups in total. The lowest BCUT2D eigenvalue weighted by molar-refractivity contribution is -0.122. The maximum Gasteiger partial charge on any atom is 0.245 e. The number of carbonyl (C=O) groups is 2. The third kappa shape index (κ3) is 4.94. The monoisotopic (exact) mass is 409 g/mol. The predicted octanol–water partition coefficient (Wildman–Crippen LogP) is 3.02. The Morgan fingerprint density at radius 3 is 2.48 bits per heavy atom. The minimum absolute atomic E-state index is 0.00610. The number of ether oxygens (including phenoxy) is 2. The summed E-state index contributed by atoms with van der Waals surface area (Å²) < 4.78 is 10.4. The first-order chi connectivity index (χ1) is 12.9. The van der Waals surface area contributed by atoms with E-state index >= 15 is 0 Å². The molecule has 27 heavy (non-hydrogen) atoms. The molecule has 0 saturated carbocycles. The Bertz CT molecular complexity index is 870. The third-order valence-electron chi connectivity index (χ3n) is 3.80. The van der Waals surface area contributed by atoms with Gasteiger partial charge < -0.3 is 19.8 Å². The Morgan fingerprint density at radius 2 is 1.93 bits per heavy atom. The fraction of sp³-hybridized carbons (Fsp3) is 0.278. The first-order valence-corrected chi connectivity index (χ1v) is 8.63. The lowest BCUT2D eigenvalue weighted by Crippen LogP contribution is -2.35. The number of rotatable bonds is 8. The predicted molar refractivity (Wildman–Crippen MR) is 101 cm³/mol. The number of nitrogens with one attached hydrogen (secondary N) is 2. The second-order valence-corrected chi connectivity index (χ2v) is 6.29. The molecule has 0 fully saturated rings. The fourth-order valence-electron chi connectivity index (χ4n) is 2.40. The summed E-state index contributed by atoms with van der Waals surface area (Å²) in [4.78, 5) is 27.1. The van der Waals surface area contributed by atoms with Crippen LogP contribution in [0.15, 0.2) is 24.3 Å². The van der Waals surface area contributed by atoms with E-state index in [2.05, 4.69) is 10.3 Å². The lowest BCUT2D eigenvalue weighted by Gasteiger charge is -2.11. The second kappa shape index (κ2) is 9.31. The van der Waals surface area contributed by atoms with Crippen LogP contribution in [0.3, 0.4) is 0 Å². The zero-order chi connectivity index (χ0) is 20.0. The van der Waals surface area contributed by atoms with Gasteiger partial charge in [0, 0.05) is 6.54 Å². The molecule has 1 heterocycles. The van der Waals surface area contributed by atoms with Crippen molar-refractivity contribution >= 4 is 34.9 Å². The highest BCUT2D eigenvalue weighted by molar-refractivity contribution is 6.41. The summed E-state index contributed by atoms with van der Waals surface area (Å²) in [7, 11) is 3.08. The number of hydrogen-bond acceptors (Lipinski definition) is 5. The van der Waals surface area contributed by atoms with E-state index in [-0.39, 0.29) is 22.4 Å². The van der Waals surface area contributed by atoms with Crippen LogP contribution in [0.4, 0.5) is 0 Å². The number of nitrogens with zero attached hydrogens (tertiary/aromatic N) is 1. The molecule has 142 valence electrons. The van der Waals surface area contributed by atoms with Crippen LogP contribution in [-0.4, -0.2) is 37.4 Å². The Morgan fingerprint density at radius 1 is 1.22 bits per heavy atom. The Labute approximate surface area is 166 Å². The highest BCUT2D eigenvalue weighted by atomic mass is 35.5. The topological polar surface area (TPSA) is 104 Å². The van der Waals surface area contributed by atoms with Crippen molar-refractivity contribution in [2.75, 3.05) is 20.8 Å². The quantitative estimate of drug-likeness (QED) is 0.514. The van der Waals surface area contributed by atoms with Gasteiger partial charge in [0.05, 0.1) is 31.0 Å². The Balaban J connectivity index is 1.97. The highest BCUT2D eigenvalue weighted by Crippen LogP contribution is 2.27. The van der Waals surface area contributed by atoms with Crippen LogP contribution in [0, 0.1) is 17.2 Å². The molecule has 0 saturated heterocycles. The van der Waals surface area contributed by atoms with Crippen molar-refractivity contribution in [3.8, 4) is 17.6 Å². The van der Waals surface area contributed by atoms with E-state index in [1.807, 2.05) is 6.07 Å². The largest absolute Gasteiger partial charge is 0.493 e. The van der Waals surface area contributed by atoms with E-state index in [0.717, 1.165) is 5.56 Å². The molecule has 9 heteroatoms. The van der Waals surface area contributed by atoms with Gasteiger partial charge in [0.25, 0.3) is 0 Å². The number of aromatic nitrogens is 1. The van der Waals surface area contributed by atoms with E-state index in [1.165, 1.54) is 13.2 Å². The summed E-state index contributed by atoms with van der Waals surface area (Å²) in [6.45, 7) is 0.242. The van der Waals surface area contributed by atoms with Crippen LogP contribution in [0.25, 0.3) is 0 Å². The minimum Gasteiger partial charge on any atom is -0.493 e. The zero-order valence-corrected chi connectivity index (χ0v) is 16.1. The number of carbonyl (C=O) groups excluding carboxylic acids is 2. The van der Waals surface area contributed by atoms with Crippen molar-refractivity contribution in [1.82, 2.24) is 10.3 Å². The molecule has 7 nitrogen and oxygen atoms in total. The zero-order valence-electron chi connectivity index (χ0n) is 14.6. The van der Waals surface area contributed by atoms with Gasteiger partial charge in [-0.1, -0.05) is 29.3 Å². The summed E-state index contributed by atoms with van der Waals surface area (Å²) >= 11 is 11.5. The van der Waals surface area contributed by atoms with Crippen molar-refractivity contribution < 1.29 is 19.1 Å². The molecular formula is C18H17Cl2N3O4. The summed E-state index contributed by atoms with van der Waals surface area (Å²) in [5.41, 5.74) is 0.905. The number of amides is 1. The van der Waals surface area contributed by atoms with E-state index < -0.39 is 17.6 Å². The van der Waals surface area contributed by atoms with Crippen molar-refractivity contribution in [1.29, 1.82) is 5.26 Å². The molecule has 0 aliphatic heterocycles. The number of nitriles is 1. The third-order valence-corrected chi connectivity index (χ3v) is 4.50. The van der Waals surface area contributed by atoms with Gasteiger partial charge in [-0.05, 0) is 30.2 Å². The Kier molecular flexibility index (Phi) is 7.11. The first kappa shape index (κ1) is 20.6. The second-order valence-electron chi connectivity index (χ2n) is 5.50.